The van der Waals surface area contributed by atoms with Crippen LogP contribution in [0.2, 0.25) is 15.1 Å². The van der Waals surface area contributed by atoms with E-state index in [0.29, 0.717) is 26.4 Å². The average molecular weight is 394 g/mol. The van der Waals surface area contributed by atoms with Crippen molar-refractivity contribution in [2.45, 2.75) is 0 Å². The highest BCUT2D eigenvalue weighted by Crippen LogP contribution is 2.26. The molecule has 20 heavy (non-hydrogen) atoms. The van der Waals surface area contributed by atoms with Gasteiger partial charge in [-0.05, 0) is 52.3 Å². The minimum atomic E-state index is -0.425. The summed E-state index contributed by atoms with van der Waals surface area (Å²) in [6.07, 6.45) is 0. The number of amides is 2. The van der Waals surface area contributed by atoms with Crippen LogP contribution >= 0.6 is 50.7 Å². The highest BCUT2D eigenvalue weighted by atomic mass is 79.9. The van der Waals surface area contributed by atoms with Gasteiger partial charge in [0.1, 0.15) is 0 Å². The molecule has 2 N–H and O–H groups in total. The topological polar surface area (TPSA) is 41.1 Å². The molecule has 0 saturated carbocycles. The minimum absolute atomic E-state index is 0.425. The van der Waals surface area contributed by atoms with Crippen LogP contribution in [0.25, 0.3) is 0 Å². The molecule has 0 fully saturated rings. The largest absolute Gasteiger partial charge is 0.323 e. The normalized spacial score (nSPS) is 10.2. The Labute approximate surface area is 139 Å². The molecule has 0 saturated heterocycles. The number of carbonyl (C=O) groups excluding carboxylic acids is 1. The summed E-state index contributed by atoms with van der Waals surface area (Å²) in [5.74, 6) is 0. The molecule has 0 aliphatic carbocycles. The van der Waals surface area contributed by atoms with Crippen LogP contribution in [0.5, 0.6) is 0 Å². The lowest BCUT2D eigenvalue weighted by molar-refractivity contribution is 0.262. The van der Waals surface area contributed by atoms with E-state index in [0.717, 1.165) is 4.47 Å². The quantitative estimate of drug-likeness (QED) is 0.639. The van der Waals surface area contributed by atoms with Crippen LogP contribution in [0, 0.1) is 0 Å². The number of rotatable bonds is 2. The first-order valence-corrected chi connectivity index (χ1v) is 7.36. The fourth-order valence-corrected chi connectivity index (χ4v) is 2.55. The lowest BCUT2D eigenvalue weighted by atomic mass is 10.3. The second-order valence-corrected chi connectivity index (χ2v) is 6.03. The number of hydrogen-bond donors (Lipinski definition) is 2. The van der Waals surface area contributed by atoms with Crippen molar-refractivity contribution in [3.63, 3.8) is 0 Å². The van der Waals surface area contributed by atoms with Crippen LogP contribution in [-0.2, 0) is 0 Å². The number of carbonyl (C=O) groups is 1. The van der Waals surface area contributed by atoms with Gasteiger partial charge in [0.25, 0.3) is 0 Å². The Morgan fingerprint density at radius 3 is 2.20 bits per heavy atom. The van der Waals surface area contributed by atoms with Gasteiger partial charge >= 0.3 is 6.03 Å². The maximum Gasteiger partial charge on any atom is 0.323 e. The Balaban J connectivity index is 2.11. The number of halogens is 4. The van der Waals surface area contributed by atoms with Crippen molar-refractivity contribution in [2.75, 3.05) is 10.6 Å². The van der Waals surface area contributed by atoms with Gasteiger partial charge in [0.15, 0.2) is 0 Å². The maximum atomic E-state index is 11.9. The fourth-order valence-electron chi connectivity index (χ4n) is 1.50. The molecule has 0 aliphatic rings. The third-order valence-corrected chi connectivity index (χ3v) is 3.66. The molecule has 0 aliphatic heterocycles. The maximum absolute atomic E-state index is 11.9. The van der Waals surface area contributed by atoms with E-state index in [-0.39, 0.29) is 0 Å². The Morgan fingerprint density at radius 2 is 1.55 bits per heavy atom. The van der Waals surface area contributed by atoms with Crippen LogP contribution in [-0.4, -0.2) is 6.03 Å². The number of hydrogen-bond acceptors (Lipinski definition) is 1. The summed E-state index contributed by atoms with van der Waals surface area (Å²) < 4.78 is 0.723. The van der Waals surface area contributed by atoms with Gasteiger partial charge in [0, 0.05) is 25.2 Å². The zero-order valence-electron chi connectivity index (χ0n) is 9.88. The van der Waals surface area contributed by atoms with Crippen molar-refractivity contribution in [3.8, 4) is 0 Å². The molecule has 0 spiro atoms. The Bertz CT molecular complexity index is 644. The molecule has 2 aromatic carbocycles. The number of nitrogens with one attached hydrogen (secondary N) is 2. The van der Waals surface area contributed by atoms with Crippen LogP contribution in [0.4, 0.5) is 16.2 Å². The third-order valence-electron chi connectivity index (χ3n) is 2.30. The molecule has 7 heteroatoms. The van der Waals surface area contributed by atoms with Gasteiger partial charge in [0.05, 0.1) is 5.69 Å². The summed E-state index contributed by atoms with van der Waals surface area (Å²) in [5, 5.41) is 6.71. The van der Waals surface area contributed by atoms with E-state index in [1.54, 1.807) is 36.4 Å². The van der Waals surface area contributed by atoms with E-state index < -0.39 is 6.03 Å². The molecule has 3 nitrogen and oxygen atoms in total. The van der Waals surface area contributed by atoms with Gasteiger partial charge in [-0.1, -0.05) is 34.8 Å². The molecule has 0 heterocycles. The first-order chi connectivity index (χ1) is 9.44. The van der Waals surface area contributed by atoms with Gasteiger partial charge in [-0.25, -0.2) is 4.79 Å². The van der Waals surface area contributed by atoms with Gasteiger partial charge in [0.2, 0.25) is 0 Å². The molecular weight excluding hydrogens is 386 g/mol. The van der Waals surface area contributed by atoms with Crippen molar-refractivity contribution in [3.05, 3.63) is 55.9 Å². The highest BCUT2D eigenvalue weighted by Gasteiger charge is 2.07. The molecule has 0 radical (unpaired) electrons. The number of benzene rings is 2. The molecule has 2 amide bonds. The van der Waals surface area contributed by atoms with Crippen molar-refractivity contribution in [1.82, 2.24) is 0 Å². The molecular formula is C13H8BrCl3N2O. The summed E-state index contributed by atoms with van der Waals surface area (Å²) >= 11 is 20.9. The zero-order chi connectivity index (χ0) is 14.7. The third kappa shape index (κ3) is 4.28. The molecule has 0 atom stereocenters. The van der Waals surface area contributed by atoms with Gasteiger partial charge in [-0.2, -0.15) is 0 Å². The summed E-state index contributed by atoms with van der Waals surface area (Å²) in [6.45, 7) is 0. The smallest absolute Gasteiger partial charge is 0.308 e. The second kappa shape index (κ2) is 6.68. The van der Waals surface area contributed by atoms with E-state index in [9.17, 15) is 4.79 Å². The average Bonchev–Trinajstić information content (AvgIpc) is 2.32. The van der Waals surface area contributed by atoms with Crippen LogP contribution < -0.4 is 10.6 Å². The predicted molar refractivity (Wildman–Crippen MR) is 88.3 cm³/mol. The van der Waals surface area contributed by atoms with Crippen molar-refractivity contribution in [1.29, 1.82) is 0 Å². The fraction of sp³-hybridized carbons (Fsp3) is 0. The molecule has 2 aromatic rings. The molecule has 104 valence electrons. The monoisotopic (exact) mass is 392 g/mol. The van der Waals surface area contributed by atoms with E-state index in [4.69, 9.17) is 34.8 Å². The van der Waals surface area contributed by atoms with Crippen molar-refractivity contribution in [2.24, 2.45) is 0 Å². The van der Waals surface area contributed by atoms with Crippen molar-refractivity contribution < 1.29 is 4.79 Å². The van der Waals surface area contributed by atoms with Crippen molar-refractivity contribution >= 4 is 68.1 Å². The van der Waals surface area contributed by atoms with E-state index >= 15 is 0 Å². The summed E-state index contributed by atoms with van der Waals surface area (Å²) in [6, 6.07) is 9.45. The first-order valence-electron chi connectivity index (χ1n) is 5.43. The first kappa shape index (κ1) is 15.4. The lowest BCUT2D eigenvalue weighted by Gasteiger charge is -2.10. The SMILES string of the molecule is O=C(Nc1cc(Cl)cc(Cl)c1)Nc1cc(Cl)ccc1Br. The van der Waals surface area contributed by atoms with Crippen LogP contribution in [0.3, 0.4) is 0 Å². The van der Waals surface area contributed by atoms with Gasteiger partial charge in [-0.15, -0.1) is 0 Å². The van der Waals surface area contributed by atoms with E-state index in [2.05, 4.69) is 26.6 Å². The van der Waals surface area contributed by atoms with E-state index in [1.807, 2.05) is 0 Å². The number of urea groups is 1. The standard InChI is InChI=1S/C13H8BrCl3N2O/c14-11-2-1-7(15)6-12(11)19-13(20)18-10-4-8(16)3-9(17)5-10/h1-6H,(H2,18,19,20). The minimum Gasteiger partial charge on any atom is -0.308 e. The molecule has 0 bridgehead atoms. The van der Waals surface area contributed by atoms with Crippen LogP contribution in [0.1, 0.15) is 0 Å². The summed E-state index contributed by atoms with van der Waals surface area (Å²) in [7, 11) is 0. The summed E-state index contributed by atoms with van der Waals surface area (Å²) in [4.78, 5) is 11.9. The molecule has 0 aromatic heterocycles. The Hall–Kier alpha value is -0.940. The second-order valence-electron chi connectivity index (χ2n) is 3.86. The highest BCUT2D eigenvalue weighted by molar-refractivity contribution is 9.10. The lowest BCUT2D eigenvalue weighted by Crippen LogP contribution is -2.19. The Morgan fingerprint density at radius 1 is 0.900 bits per heavy atom. The number of anilines is 2. The van der Waals surface area contributed by atoms with Crippen LogP contribution in [0.15, 0.2) is 40.9 Å². The Kier molecular flexibility index (Phi) is 5.16. The molecule has 0 unspecified atom stereocenters. The predicted octanol–water partition coefficient (Wildman–Crippen LogP) is 6.05. The van der Waals surface area contributed by atoms with E-state index in [1.165, 1.54) is 0 Å². The summed E-state index contributed by atoms with van der Waals surface area (Å²) in [5.41, 5.74) is 1.06. The van der Waals surface area contributed by atoms with Gasteiger partial charge in [-0.3, -0.25) is 0 Å². The van der Waals surface area contributed by atoms with Gasteiger partial charge < -0.3 is 10.6 Å². The zero-order valence-corrected chi connectivity index (χ0v) is 13.7. The molecule has 2 rings (SSSR count).